The Labute approximate surface area is 105 Å². The van der Waals surface area contributed by atoms with Crippen molar-refractivity contribution in [2.75, 3.05) is 7.05 Å². The van der Waals surface area contributed by atoms with Gasteiger partial charge in [0.05, 0.1) is 5.25 Å². The molecule has 0 aliphatic heterocycles. The first-order valence-electron chi connectivity index (χ1n) is 5.31. The molecule has 0 aromatic heterocycles. The van der Waals surface area contributed by atoms with Crippen LogP contribution in [-0.4, -0.2) is 24.2 Å². The fourth-order valence-electron chi connectivity index (χ4n) is 1.15. The highest BCUT2D eigenvalue weighted by atomic mass is 32.2. The molecular weight excluding hydrogens is 236 g/mol. The number of hydrogen-bond donors (Lipinski definition) is 2. The predicted octanol–water partition coefficient (Wildman–Crippen LogP) is 1.76. The maximum atomic E-state index is 11.5. The van der Waals surface area contributed by atoms with Gasteiger partial charge in [0.25, 0.3) is 0 Å². The summed E-state index contributed by atoms with van der Waals surface area (Å²) in [5, 5.41) is 4.34. The zero-order valence-electron chi connectivity index (χ0n) is 9.90. The smallest absolute Gasteiger partial charge is 0.321 e. The van der Waals surface area contributed by atoms with Gasteiger partial charge >= 0.3 is 6.03 Å². The van der Waals surface area contributed by atoms with Crippen LogP contribution in [0.15, 0.2) is 30.3 Å². The quantitative estimate of drug-likeness (QED) is 0.858. The van der Waals surface area contributed by atoms with E-state index < -0.39 is 6.03 Å². The van der Waals surface area contributed by atoms with Crippen molar-refractivity contribution in [3.8, 4) is 0 Å². The Bertz CT molecular complexity index is 381. The molecule has 1 aromatic carbocycles. The van der Waals surface area contributed by atoms with E-state index in [1.807, 2.05) is 30.3 Å². The van der Waals surface area contributed by atoms with Crippen molar-refractivity contribution in [2.24, 2.45) is 0 Å². The summed E-state index contributed by atoms with van der Waals surface area (Å²) in [6.07, 6.45) is 0. The van der Waals surface area contributed by atoms with Crippen LogP contribution in [0.3, 0.4) is 0 Å². The van der Waals surface area contributed by atoms with Crippen molar-refractivity contribution in [2.45, 2.75) is 17.9 Å². The van der Waals surface area contributed by atoms with Crippen LogP contribution < -0.4 is 10.6 Å². The molecule has 92 valence electrons. The second-order valence-corrected chi connectivity index (χ2v) is 4.84. The van der Waals surface area contributed by atoms with Gasteiger partial charge in [-0.2, -0.15) is 0 Å². The molecule has 1 rings (SSSR count). The molecule has 2 N–H and O–H groups in total. The van der Waals surface area contributed by atoms with E-state index in [2.05, 4.69) is 10.6 Å². The molecule has 0 aliphatic carbocycles. The van der Waals surface area contributed by atoms with Gasteiger partial charge in [-0.3, -0.25) is 10.1 Å². The first-order valence-corrected chi connectivity index (χ1v) is 6.36. The van der Waals surface area contributed by atoms with Crippen molar-refractivity contribution in [1.82, 2.24) is 10.6 Å². The van der Waals surface area contributed by atoms with E-state index in [4.69, 9.17) is 0 Å². The summed E-state index contributed by atoms with van der Waals surface area (Å²) in [7, 11) is 1.48. The molecule has 5 heteroatoms. The van der Waals surface area contributed by atoms with Crippen LogP contribution in [0.5, 0.6) is 0 Å². The van der Waals surface area contributed by atoms with Gasteiger partial charge in [0.15, 0.2) is 0 Å². The lowest BCUT2D eigenvalue weighted by Crippen LogP contribution is -2.41. The number of imide groups is 1. The van der Waals surface area contributed by atoms with E-state index in [9.17, 15) is 9.59 Å². The topological polar surface area (TPSA) is 58.2 Å². The first kappa shape index (κ1) is 13.6. The maximum absolute atomic E-state index is 11.5. The molecule has 1 unspecified atom stereocenters. The second kappa shape index (κ2) is 6.96. The van der Waals surface area contributed by atoms with Crippen molar-refractivity contribution in [3.05, 3.63) is 35.9 Å². The Balaban J connectivity index is 2.37. The molecule has 0 heterocycles. The maximum Gasteiger partial charge on any atom is 0.321 e. The van der Waals surface area contributed by atoms with Gasteiger partial charge in [-0.1, -0.05) is 30.3 Å². The summed E-state index contributed by atoms with van der Waals surface area (Å²) in [6, 6.07) is 9.43. The third kappa shape index (κ3) is 4.91. The van der Waals surface area contributed by atoms with Crippen molar-refractivity contribution in [3.63, 3.8) is 0 Å². The van der Waals surface area contributed by atoms with E-state index in [1.54, 1.807) is 6.92 Å². The number of carbonyl (C=O) groups excluding carboxylic acids is 2. The molecule has 4 nitrogen and oxygen atoms in total. The summed E-state index contributed by atoms with van der Waals surface area (Å²) in [4.78, 5) is 22.5. The van der Waals surface area contributed by atoms with Gasteiger partial charge < -0.3 is 5.32 Å². The van der Waals surface area contributed by atoms with Gasteiger partial charge in [-0.15, -0.1) is 11.8 Å². The minimum atomic E-state index is -0.470. The highest BCUT2D eigenvalue weighted by Crippen LogP contribution is 2.17. The molecule has 1 aromatic rings. The van der Waals surface area contributed by atoms with Crippen LogP contribution in [0.2, 0.25) is 0 Å². The normalized spacial score (nSPS) is 11.6. The molecular formula is C12H16N2O2S. The lowest BCUT2D eigenvalue weighted by Gasteiger charge is -2.10. The summed E-state index contributed by atoms with van der Waals surface area (Å²) in [6.45, 7) is 1.78. The lowest BCUT2D eigenvalue weighted by molar-refractivity contribution is -0.119. The number of rotatable bonds is 4. The van der Waals surface area contributed by atoms with E-state index in [0.717, 1.165) is 11.3 Å². The first-order chi connectivity index (χ1) is 8.13. The zero-order valence-corrected chi connectivity index (χ0v) is 10.7. The number of nitrogens with one attached hydrogen (secondary N) is 2. The van der Waals surface area contributed by atoms with Crippen LogP contribution in [0.1, 0.15) is 12.5 Å². The van der Waals surface area contributed by atoms with E-state index >= 15 is 0 Å². The third-order valence-electron chi connectivity index (χ3n) is 2.18. The van der Waals surface area contributed by atoms with Crippen LogP contribution >= 0.6 is 11.8 Å². The fourth-order valence-corrected chi connectivity index (χ4v) is 1.99. The average Bonchev–Trinajstić information content (AvgIpc) is 2.36. The second-order valence-electron chi connectivity index (χ2n) is 3.51. The molecule has 0 saturated carbocycles. The summed E-state index contributed by atoms with van der Waals surface area (Å²) < 4.78 is 0. The molecule has 0 saturated heterocycles. The van der Waals surface area contributed by atoms with E-state index in [1.165, 1.54) is 18.8 Å². The van der Waals surface area contributed by atoms with Crippen molar-refractivity contribution in [1.29, 1.82) is 0 Å². The number of benzene rings is 1. The van der Waals surface area contributed by atoms with Gasteiger partial charge in [-0.25, -0.2) is 4.79 Å². The van der Waals surface area contributed by atoms with E-state index in [-0.39, 0.29) is 11.2 Å². The summed E-state index contributed by atoms with van der Waals surface area (Å²) >= 11 is 1.50. The van der Waals surface area contributed by atoms with Gasteiger partial charge in [-0.05, 0) is 12.5 Å². The molecule has 0 radical (unpaired) electrons. The summed E-state index contributed by atoms with van der Waals surface area (Å²) in [5.41, 5.74) is 1.16. The molecule has 0 aliphatic rings. The van der Waals surface area contributed by atoms with Crippen LogP contribution in [-0.2, 0) is 10.5 Å². The zero-order chi connectivity index (χ0) is 12.7. The number of thioether (sulfide) groups is 1. The molecule has 0 spiro atoms. The summed E-state index contributed by atoms with van der Waals surface area (Å²) in [5.74, 6) is 0.480. The number of amides is 3. The van der Waals surface area contributed by atoms with E-state index in [0.29, 0.717) is 0 Å². The lowest BCUT2D eigenvalue weighted by atomic mass is 10.2. The van der Waals surface area contributed by atoms with Crippen molar-refractivity contribution >= 4 is 23.7 Å². The fraction of sp³-hybridized carbons (Fsp3) is 0.333. The van der Waals surface area contributed by atoms with Gasteiger partial charge in [0, 0.05) is 12.8 Å². The predicted molar refractivity (Wildman–Crippen MR) is 69.8 cm³/mol. The minimum absolute atomic E-state index is 0.257. The molecule has 0 fully saturated rings. The molecule has 1 atom stereocenters. The van der Waals surface area contributed by atoms with Crippen LogP contribution in [0.4, 0.5) is 4.79 Å². The Morgan fingerprint density at radius 3 is 2.53 bits per heavy atom. The van der Waals surface area contributed by atoms with Crippen LogP contribution in [0.25, 0.3) is 0 Å². The Morgan fingerprint density at radius 2 is 1.94 bits per heavy atom. The monoisotopic (exact) mass is 252 g/mol. The molecule has 17 heavy (non-hydrogen) atoms. The van der Waals surface area contributed by atoms with Gasteiger partial charge in [0.1, 0.15) is 0 Å². The van der Waals surface area contributed by atoms with Crippen molar-refractivity contribution < 1.29 is 9.59 Å². The SMILES string of the molecule is CNC(=O)NC(=O)C(C)SCc1ccccc1. The highest BCUT2D eigenvalue weighted by Gasteiger charge is 2.15. The Morgan fingerprint density at radius 1 is 1.29 bits per heavy atom. The Hall–Kier alpha value is -1.49. The minimum Gasteiger partial charge on any atom is -0.341 e. The number of carbonyl (C=O) groups is 2. The highest BCUT2D eigenvalue weighted by molar-refractivity contribution is 7.99. The molecule has 0 bridgehead atoms. The number of urea groups is 1. The number of hydrogen-bond acceptors (Lipinski definition) is 3. The largest absolute Gasteiger partial charge is 0.341 e. The van der Waals surface area contributed by atoms with Crippen LogP contribution in [0, 0.1) is 0 Å². The van der Waals surface area contributed by atoms with Gasteiger partial charge in [0.2, 0.25) is 5.91 Å². The third-order valence-corrected chi connectivity index (χ3v) is 3.39. The average molecular weight is 252 g/mol. The Kier molecular flexibility index (Phi) is 5.56. The standard InChI is InChI=1S/C12H16N2O2S/c1-9(11(15)14-12(16)13-2)17-8-10-6-4-3-5-7-10/h3-7,9H,8H2,1-2H3,(H2,13,14,15,16). The molecule has 3 amide bonds.